The lowest BCUT2D eigenvalue weighted by molar-refractivity contribution is 0.199. The summed E-state index contributed by atoms with van der Waals surface area (Å²) in [4.78, 5) is 0. The number of methoxy groups -OCH3 is 1. The fourth-order valence-electron chi connectivity index (χ4n) is 1.83. The predicted octanol–water partition coefficient (Wildman–Crippen LogP) is 2.68. The molecule has 1 aromatic heterocycles. The van der Waals surface area contributed by atoms with E-state index in [9.17, 15) is 0 Å². The molecule has 0 atom stereocenters. The van der Waals surface area contributed by atoms with Crippen LogP contribution in [0.5, 0.6) is 0 Å². The Bertz CT molecular complexity index is 539. The minimum Gasteiger partial charge on any atom is -0.383 e. The second kappa shape index (κ2) is 6.84. The van der Waals surface area contributed by atoms with Gasteiger partial charge in [0.1, 0.15) is 0 Å². The van der Waals surface area contributed by atoms with Crippen LogP contribution in [0.1, 0.15) is 11.3 Å². The van der Waals surface area contributed by atoms with Gasteiger partial charge in [-0.15, -0.1) is 0 Å². The molecular formula is C14H18BrN3O. The molecule has 0 aliphatic rings. The van der Waals surface area contributed by atoms with Crippen LogP contribution in [-0.2, 0) is 11.3 Å². The van der Waals surface area contributed by atoms with E-state index in [-0.39, 0.29) is 0 Å². The molecule has 0 aliphatic heterocycles. The van der Waals surface area contributed by atoms with E-state index in [0.717, 1.165) is 28.9 Å². The van der Waals surface area contributed by atoms with Crippen LogP contribution >= 0.6 is 15.9 Å². The molecule has 1 aromatic carbocycles. The van der Waals surface area contributed by atoms with E-state index in [1.165, 1.54) is 5.56 Å². The van der Waals surface area contributed by atoms with E-state index in [0.29, 0.717) is 6.61 Å². The Morgan fingerprint density at radius 2 is 2.21 bits per heavy atom. The van der Waals surface area contributed by atoms with Crippen LogP contribution < -0.4 is 5.32 Å². The van der Waals surface area contributed by atoms with Crippen LogP contribution in [0.25, 0.3) is 5.69 Å². The molecule has 5 heteroatoms. The lowest BCUT2D eigenvalue weighted by atomic mass is 10.2. The molecule has 102 valence electrons. The monoisotopic (exact) mass is 323 g/mol. The summed E-state index contributed by atoms with van der Waals surface area (Å²) in [5.74, 6) is 0. The molecular weight excluding hydrogens is 306 g/mol. The molecule has 0 radical (unpaired) electrons. The van der Waals surface area contributed by atoms with Crippen molar-refractivity contribution in [1.29, 1.82) is 0 Å². The Hall–Kier alpha value is -1.17. The van der Waals surface area contributed by atoms with E-state index >= 15 is 0 Å². The average molecular weight is 324 g/mol. The lowest BCUT2D eigenvalue weighted by Crippen LogP contribution is -2.18. The first-order valence-corrected chi connectivity index (χ1v) is 7.01. The summed E-state index contributed by atoms with van der Waals surface area (Å²) in [5, 5.41) is 7.86. The number of hydrogen-bond acceptors (Lipinski definition) is 3. The maximum Gasteiger partial charge on any atom is 0.0766 e. The van der Waals surface area contributed by atoms with Crippen molar-refractivity contribution in [2.24, 2.45) is 0 Å². The number of rotatable bonds is 6. The van der Waals surface area contributed by atoms with Gasteiger partial charge < -0.3 is 10.1 Å². The van der Waals surface area contributed by atoms with Crippen molar-refractivity contribution < 1.29 is 4.74 Å². The van der Waals surface area contributed by atoms with Crippen LogP contribution in [0, 0.1) is 6.92 Å². The van der Waals surface area contributed by atoms with Gasteiger partial charge in [0.25, 0.3) is 0 Å². The Morgan fingerprint density at radius 1 is 1.37 bits per heavy atom. The second-order valence-corrected chi connectivity index (χ2v) is 5.16. The fraction of sp³-hybridized carbons (Fsp3) is 0.357. The molecule has 19 heavy (non-hydrogen) atoms. The Kier molecular flexibility index (Phi) is 5.13. The highest BCUT2D eigenvalue weighted by Gasteiger charge is 2.05. The molecule has 1 N–H and O–H groups in total. The number of benzene rings is 1. The van der Waals surface area contributed by atoms with Crippen molar-refractivity contribution >= 4 is 15.9 Å². The summed E-state index contributed by atoms with van der Waals surface area (Å²) in [7, 11) is 1.70. The molecule has 0 saturated carbocycles. The number of halogens is 1. The number of nitrogens with one attached hydrogen (secondary N) is 1. The van der Waals surface area contributed by atoms with Gasteiger partial charge in [-0.2, -0.15) is 5.10 Å². The summed E-state index contributed by atoms with van der Waals surface area (Å²) in [6, 6.07) is 8.15. The van der Waals surface area contributed by atoms with Crippen molar-refractivity contribution in [1.82, 2.24) is 15.1 Å². The lowest BCUT2D eigenvalue weighted by Gasteiger charge is -2.07. The first-order chi connectivity index (χ1) is 9.22. The maximum absolute atomic E-state index is 4.99. The molecule has 0 aliphatic carbocycles. The molecule has 2 rings (SSSR count). The summed E-state index contributed by atoms with van der Waals surface area (Å²) in [6.45, 7) is 4.38. The van der Waals surface area contributed by atoms with E-state index in [2.05, 4.69) is 39.3 Å². The molecule has 0 unspecified atom stereocenters. The predicted molar refractivity (Wildman–Crippen MR) is 79.6 cm³/mol. The minimum absolute atomic E-state index is 0.714. The number of aromatic nitrogens is 2. The smallest absolute Gasteiger partial charge is 0.0766 e. The van der Waals surface area contributed by atoms with Gasteiger partial charge in [0.15, 0.2) is 0 Å². The number of ether oxygens (including phenoxy) is 1. The first kappa shape index (κ1) is 14.2. The summed E-state index contributed by atoms with van der Waals surface area (Å²) >= 11 is 3.54. The molecule has 0 bridgehead atoms. The van der Waals surface area contributed by atoms with Crippen LogP contribution in [0.3, 0.4) is 0 Å². The third-order valence-corrected chi connectivity index (χ3v) is 3.78. The van der Waals surface area contributed by atoms with Crippen molar-refractivity contribution in [2.45, 2.75) is 13.5 Å². The highest BCUT2D eigenvalue weighted by atomic mass is 79.9. The van der Waals surface area contributed by atoms with Gasteiger partial charge in [0.05, 0.1) is 18.0 Å². The number of hydrogen-bond donors (Lipinski definition) is 1. The van der Waals surface area contributed by atoms with Gasteiger partial charge in [-0.25, -0.2) is 4.68 Å². The summed E-state index contributed by atoms with van der Waals surface area (Å²) in [6.07, 6.45) is 1.99. The average Bonchev–Trinajstić information content (AvgIpc) is 2.87. The van der Waals surface area contributed by atoms with Crippen LogP contribution in [-0.4, -0.2) is 30.0 Å². The van der Waals surface area contributed by atoms with Gasteiger partial charge in [-0.3, -0.25) is 0 Å². The molecule has 0 amide bonds. The highest BCUT2D eigenvalue weighted by molar-refractivity contribution is 9.10. The Balaban J connectivity index is 2.06. The van der Waals surface area contributed by atoms with Gasteiger partial charge in [0.2, 0.25) is 0 Å². The molecule has 2 aromatic rings. The molecule has 0 fully saturated rings. The zero-order valence-corrected chi connectivity index (χ0v) is 12.8. The van der Waals surface area contributed by atoms with Gasteiger partial charge >= 0.3 is 0 Å². The van der Waals surface area contributed by atoms with E-state index in [4.69, 9.17) is 4.74 Å². The summed E-state index contributed by atoms with van der Waals surface area (Å²) < 4.78 is 8.00. The topological polar surface area (TPSA) is 39.1 Å². The van der Waals surface area contributed by atoms with Crippen LogP contribution in [0.2, 0.25) is 0 Å². The zero-order chi connectivity index (χ0) is 13.7. The second-order valence-electron chi connectivity index (χ2n) is 4.31. The van der Waals surface area contributed by atoms with Gasteiger partial charge in [-0.1, -0.05) is 22.0 Å². The maximum atomic E-state index is 4.99. The van der Waals surface area contributed by atoms with Gasteiger partial charge in [0, 0.05) is 30.9 Å². The quantitative estimate of drug-likeness (QED) is 0.831. The third kappa shape index (κ3) is 3.65. The Morgan fingerprint density at radius 3 is 3.00 bits per heavy atom. The van der Waals surface area contributed by atoms with E-state index < -0.39 is 0 Å². The van der Waals surface area contributed by atoms with Crippen LogP contribution in [0.15, 0.2) is 34.9 Å². The van der Waals surface area contributed by atoms with Crippen molar-refractivity contribution in [3.63, 3.8) is 0 Å². The number of nitrogens with zero attached hydrogens (tertiary/aromatic N) is 2. The van der Waals surface area contributed by atoms with E-state index in [1.54, 1.807) is 7.11 Å². The molecule has 1 heterocycles. The van der Waals surface area contributed by atoms with E-state index in [1.807, 2.05) is 29.1 Å². The van der Waals surface area contributed by atoms with Crippen molar-refractivity contribution in [2.75, 3.05) is 20.3 Å². The standard InChI is InChI=1S/C14H18BrN3O/c1-11-13(15)4-3-5-14(11)18-8-6-12(17-18)10-16-7-9-19-2/h3-6,8,16H,7,9-10H2,1-2H3. The van der Waals surface area contributed by atoms with Crippen LogP contribution in [0.4, 0.5) is 0 Å². The molecule has 0 saturated heterocycles. The van der Waals surface area contributed by atoms with Crippen molar-refractivity contribution in [3.8, 4) is 5.69 Å². The SMILES string of the molecule is COCCNCc1ccn(-c2cccc(Br)c2C)n1. The molecule has 0 spiro atoms. The normalized spacial score (nSPS) is 10.9. The fourth-order valence-corrected chi connectivity index (χ4v) is 2.18. The first-order valence-electron chi connectivity index (χ1n) is 6.22. The zero-order valence-electron chi connectivity index (χ0n) is 11.2. The largest absolute Gasteiger partial charge is 0.383 e. The highest BCUT2D eigenvalue weighted by Crippen LogP contribution is 2.22. The van der Waals surface area contributed by atoms with Gasteiger partial charge in [-0.05, 0) is 30.7 Å². The Labute approximate surface area is 121 Å². The summed E-state index contributed by atoms with van der Waals surface area (Å²) in [5.41, 5.74) is 3.30. The van der Waals surface area contributed by atoms with Crippen molar-refractivity contribution in [3.05, 3.63) is 46.2 Å². The third-order valence-electron chi connectivity index (χ3n) is 2.92. The molecule has 4 nitrogen and oxygen atoms in total. The minimum atomic E-state index is 0.714.